The monoisotopic (exact) mass is 265 g/mol. The lowest BCUT2D eigenvalue weighted by molar-refractivity contribution is 0.151. The molecule has 2 aliphatic rings. The van der Waals surface area contributed by atoms with Crippen LogP contribution in [0.5, 0.6) is 0 Å². The van der Waals surface area contributed by atoms with Crippen LogP contribution in [0.15, 0.2) is 0 Å². The SMILES string of the molecule is CCCC1CCCC(NC2CCCCC2(C)C)CC1. The van der Waals surface area contributed by atoms with Crippen molar-refractivity contribution < 1.29 is 0 Å². The van der Waals surface area contributed by atoms with E-state index in [9.17, 15) is 0 Å². The summed E-state index contributed by atoms with van der Waals surface area (Å²) >= 11 is 0. The Bertz CT molecular complexity index is 258. The fraction of sp³-hybridized carbons (Fsp3) is 1.00. The van der Waals surface area contributed by atoms with Gasteiger partial charge in [0.15, 0.2) is 0 Å². The number of rotatable bonds is 4. The molecule has 0 aromatic heterocycles. The second kappa shape index (κ2) is 7.11. The summed E-state index contributed by atoms with van der Waals surface area (Å²) in [5.74, 6) is 1.02. The largest absolute Gasteiger partial charge is 0.311 e. The summed E-state index contributed by atoms with van der Waals surface area (Å²) in [7, 11) is 0. The lowest BCUT2D eigenvalue weighted by Gasteiger charge is -2.41. The van der Waals surface area contributed by atoms with Crippen molar-refractivity contribution in [1.29, 1.82) is 0 Å². The van der Waals surface area contributed by atoms with E-state index in [4.69, 9.17) is 0 Å². The molecule has 2 rings (SSSR count). The predicted molar refractivity (Wildman–Crippen MR) is 84.4 cm³/mol. The van der Waals surface area contributed by atoms with Crippen LogP contribution in [0, 0.1) is 11.3 Å². The quantitative estimate of drug-likeness (QED) is 0.681. The van der Waals surface area contributed by atoms with E-state index in [2.05, 4.69) is 26.1 Å². The van der Waals surface area contributed by atoms with Gasteiger partial charge in [-0.3, -0.25) is 0 Å². The third kappa shape index (κ3) is 4.48. The van der Waals surface area contributed by atoms with Crippen molar-refractivity contribution in [1.82, 2.24) is 5.32 Å². The molecule has 3 unspecified atom stereocenters. The molecule has 1 N–H and O–H groups in total. The van der Waals surface area contributed by atoms with Gasteiger partial charge in [-0.1, -0.05) is 59.3 Å². The second-order valence-electron chi connectivity index (χ2n) is 7.81. The van der Waals surface area contributed by atoms with Gasteiger partial charge in [0.2, 0.25) is 0 Å². The molecule has 0 saturated heterocycles. The van der Waals surface area contributed by atoms with Crippen LogP contribution in [0.25, 0.3) is 0 Å². The molecule has 112 valence electrons. The summed E-state index contributed by atoms with van der Waals surface area (Å²) < 4.78 is 0. The van der Waals surface area contributed by atoms with Crippen LogP contribution >= 0.6 is 0 Å². The molecule has 2 saturated carbocycles. The zero-order valence-corrected chi connectivity index (χ0v) is 13.5. The second-order valence-corrected chi connectivity index (χ2v) is 7.81. The molecule has 2 aliphatic carbocycles. The van der Waals surface area contributed by atoms with Crippen molar-refractivity contribution in [3.05, 3.63) is 0 Å². The highest BCUT2D eigenvalue weighted by molar-refractivity contribution is 4.90. The molecule has 2 fully saturated rings. The maximum Gasteiger partial charge on any atom is 0.0121 e. The first-order chi connectivity index (χ1) is 9.12. The molecule has 0 spiro atoms. The van der Waals surface area contributed by atoms with Gasteiger partial charge in [-0.2, -0.15) is 0 Å². The molecule has 0 radical (unpaired) electrons. The Morgan fingerprint density at radius 1 is 0.947 bits per heavy atom. The van der Waals surface area contributed by atoms with Gasteiger partial charge in [-0.25, -0.2) is 0 Å². The van der Waals surface area contributed by atoms with E-state index in [1.165, 1.54) is 70.6 Å². The van der Waals surface area contributed by atoms with Crippen molar-refractivity contribution in [2.24, 2.45) is 11.3 Å². The first-order valence-corrected chi connectivity index (χ1v) is 8.88. The van der Waals surface area contributed by atoms with Crippen LogP contribution in [0.2, 0.25) is 0 Å². The minimum Gasteiger partial charge on any atom is -0.311 e. The first-order valence-electron chi connectivity index (χ1n) is 8.88. The van der Waals surface area contributed by atoms with Crippen LogP contribution in [-0.2, 0) is 0 Å². The predicted octanol–water partition coefficient (Wildman–Crippen LogP) is 5.29. The maximum atomic E-state index is 4.05. The van der Waals surface area contributed by atoms with E-state index in [0.717, 1.165) is 18.0 Å². The van der Waals surface area contributed by atoms with Crippen LogP contribution in [0.1, 0.15) is 91.4 Å². The van der Waals surface area contributed by atoms with Crippen molar-refractivity contribution in [3.63, 3.8) is 0 Å². The Kier molecular flexibility index (Phi) is 5.74. The Morgan fingerprint density at radius 3 is 2.53 bits per heavy atom. The van der Waals surface area contributed by atoms with Gasteiger partial charge in [-0.05, 0) is 43.4 Å². The van der Waals surface area contributed by atoms with E-state index < -0.39 is 0 Å². The van der Waals surface area contributed by atoms with E-state index in [1.54, 1.807) is 0 Å². The fourth-order valence-electron chi connectivity index (χ4n) is 4.33. The topological polar surface area (TPSA) is 12.0 Å². The molecule has 19 heavy (non-hydrogen) atoms. The van der Waals surface area contributed by atoms with Gasteiger partial charge in [-0.15, -0.1) is 0 Å². The normalized spacial score (nSPS) is 35.8. The molecule has 0 aromatic carbocycles. The Balaban J connectivity index is 1.82. The van der Waals surface area contributed by atoms with Crippen molar-refractivity contribution >= 4 is 0 Å². The van der Waals surface area contributed by atoms with Crippen LogP contribution in [0.3, 0.4) is 0 Å². The summed E-state index contributed by atoms with van der Waals surface area (Å²) in [5, 5.41) is 4.05. The zero-order chi connectivity index (χ0) is 13.7. The summed E-state index contributed by atoms with van der Waals surface area (Å²) in [6.07, 6.45) is 15.8. The number of nitrogens with one attached hydrogen (secondary N) is 1. The van der Waals surface area contributed by atoms with Crippen molar-refractivity contribution in [3.8, 4) is 0 Å². The van der Waals surface area contributed by atoms with E-state index in [1.807, 2.05) is 0 Å². The minimum absolute atomic E-state index is 0.521. The Labute approximate surface area is 120 Å². The molecule has 0 amide bonds. The van der Waals surface area contributed by atoms with Crippen LogP contribution in [0.4, 0.5) is 0 Å². The standard InChI is InChI=1S/C18H35N/c1-4-8-15-9-7-10-16(13-12-15)19-17-11-5-6-14-18(17,2)3/h15-17,19H,4-14H2,1-3H3. The number of hydrogen-bond acceptors (Lipinski definition) is 1. The molecule has 0 aliphatic heterocycles. The molecular weight excluding hydrogens is 230 g/mol. The minimum atomic E-state index is 0.521. The zero-order valence-electron chi connectivity index (χ0n) is 13.5. The average molecular weight is 265 g/mol. The van der Waals surface area contributed by atoms with Gasteiger partial charge in [0.25, 0.3) is 0 Å². The Morgan fingerprint density at radius 2 is 1.79 bits per heavy atom. The summed E-state index contributed by atoms with van der Waals surface area (Å²) in [6.45, 7) is 7.28. The molecule has 0 heterocycles. The van der Waals surface area contributed by atoms with Crippen molar-refractivity contribution in [2.75, 3.05) is 0 Å². The third-order valence-electron chi connectivity index (χ3n) is 5.73. The molecule has 0 bridgehead atoms. The molecular formula is C18H35N. The first kappa shape index (κ1) is 15.4. The highest BCUT2D eigenvalue weighted by atomic mass is 15.0. The number of hydrogen-bond donors (Lipinski definition) is 1. The lowest BCUT2D eigenvalue weighted by atomic mass is 9.73. The molecule has 1 nitrogen and oxygen atoms in total. The van der Waals surface area contributed by atoms with E-state index in [-0.39, 0.29) is 0 Å². The molecule has 0 aromatic rings. The average Bonchev–Trinajstić information content (AvgIpc) is 2.58. The van der Waals surface area contributed by atoms with Crippen LogP contribution in [-0.4, -0.2) is 12.1 Å². The third-order valence-corrected chi connectivity index (χ3v) is 5.73. The summed E-state index contributed by atoms with van der Waals surface area (Å²) in [4.78, 5) is 0. The highest BCUT2D eigenvalue weighted by Crippen LogP contribution is 2.36. The van der Waals surface area contributed by atoms with Crippen LogP contribution < -0.4 is 5.32 Å². The van der Waals surface area contributed by atoms with Gasteiger partial charge < -0.3 is 5.32 Å². The molecule has 3 atom stereocenters. The lowest BCUT2D eigenvalue weighted by Crippen LogP contribution is -2.48. The highest BCUT2D eigenvalue weighted by Gasteiger charge is 2.33. The van der Waals surface area contributed by atoms with Crippen molar-refractivity contribution in [2.45, 2.75) is 103 Å². The van der Waals surface area contributed by atoms with Gasteiger partial charge in [0.1, 0.15) is 0 Å². The maximum absolute atomic E-state index is 4.05. The molecule has 1 heteroatoms. The summed E-state index contributed by atoms with van der Waals surface area (Å²) in [5.41, 5.74) is 0.521. The van der Waals surface area contributed by atoms with E-state index >= 15 is 0 Å². The van der Waals surface area contributed by atoms with Gasteiger partial charge in [0, 0.05) is 12.1 Å². The van der Waals surface area contributed by atoms with Gasteiger partial charge >= 0.3 is 0 Å². The van der Waals surface area contributed by atoms with Gasteiger partial charge in [0.05, 0.1) is 0 Å². The Hall–Kier alpha value is -0.0400. The fourth-order valence-corrected chi connectivity index (χ4v) is 4.33. The summed E-state index contributed by atoms with van der Waals surface area (Å²) in [6, 6.07) is 1.58. The smallest absolute Gasteiger partial charge is 0.0121 e. The van der Waals surface area contributed by atoms with E-state index in [0.29, 0.717) is 5.41 Å².